The highest BCUT2D eigenvalue weighted by atomic mass is 16.3. The Bertz CT molecular complexity index is 349. The lowest BCUT2D eigenvalue weighted by atomic mass is 10.0. The van der Waals surface area contributed by atoms with E-state index in [0.29, 0.717) is 12.0 Å². The van der Waals surface area contributed by atoms with Crippen LogP contribution in [0.25, 0.3) is 0 Å². The van der Waals surface area contributed by atoms with Crippen molar-refractivity contribution in [1.82, 2.24) is 10.2 Å². The Morgan fingerprint density at radius 2 is 2.16 bits per heavy atom. The molecular formula is C16H26N2O. The van der Waals surface area contributed by atoms with E-state index in [-0.39, 0.29) is 6.61 Å². The van der Waals surface area contributed by atoms with Crippen LogP contribution in [0, 0.1) is 0 Å². The highest BCUT2D eigenvalue weighted by Gasteiger charge is 2.19. The molecule has 0 spiro atoms. The molecule has 1 saturated heterocycles. The molecule has 0 radical (unpaired) electrons. The zero-order valence-electron chi connectivity index (χ0n) is 11.9. The summed E-state index contributed by atoms with van der Waals surface area (Å²) >= 11 is 0. The van der Waals surface area contributed by atoms with Crippen molar-refractivity contribution in [2.75, 3.05) is 32.8 Å². The molecular weight excluding hydrogens is 236 g/mol. The molecule has 19 heavy (non-hydrogen) atoms. The Balaban J connectivity index is 1.88. The monoisotopic (exact) mass is 262 g/mol. The van der Waals surface area contributed by atoms with E-state index in [1.807, 2.05) is 0 Å². The number of hydrogen-bond donors (Lipinski definition) is 2. The van der Waals surface area contributed by atoms with Crippen LogP contribution in [0.3, 0.4) is 0 Å². The van der Waals surface area contributed by atoms with Crippen molar-refractivity contribution in [3.63, 3.8) is 0 Å². The van der Waals surface area contributed by atoms with Gasteiger partial charge in [0.25, 0.3) is 0 Å². The van der Waals surface area contributed by atoms with Gasteiger partial charge in [-0.1, -0.05) is 37.3 Å². The Morgan fingerprint density at radius 3 is 2.79 bits per heavy atom. The van der Waals surface area contributed by atoms with Crippen LogP contribution in [0.4, 0.5) is 0 Å². The van der Waals surface area contributed by atoms with Crippen molar-refractivity contribution in [1.29, 1.82) is 0 Å². The molecule has 1 fully saturated rings. The average Bonchev–Trinajstić information content (AvgIpc) is 2.93. The molecule has 2 unspecified atom stereocenters. The summed E-state index contributed by atoms with van der Waals surface area (Å²) in [4.78, 5) is 2.39. The van der Waals surface area contributed by atoms with Gasteiger partial charge in [0.05, 0.1) is 6.61 Å². The summed E-state index contributed by atoms with van der Waals surface area (Å²) in [5, 5.41) is 12.8. The molecule has 3 nitrogen and oxygen atoms in total. The van der Waals surface area contributed by atoms with E-state index in [1.165, 1.54) is 18.4 Å². The zero-order valence-corrected chi connectivity index (χ0v) is 11.9. The van der Waals surface area contributed by atoms with E-state index in [0.717, 1.165) is 26.2 Å². The van der Waals surface area contributed by atoms with Gasteiger partial charge in [-0.3, -0.25) is 4.90 Å². The van der Waals surface area contributed by atoms with Gasteiger partial charge in [0, 0.05) is 25.7 Å². The van der Waals surface area contributed by atoms with Gasteiger partial charge in [0.1, 0.15) is 0 Å². The summed E-state index contributed by atoms with van der Waals surface area (Å²) < 4.78 is 0. The van der Waals surface area contributed by atoms with E-state index in [2.05, 4.69) is 47.5 Å². The topological polar surface area (TPSA) is 35.5 Å². The smallest absolute Gasteiger partial charge is 0.0558 e. The van der Waals surface area contributed by atoms with Crippen LogP contribution in [-0.2, 0) is 0 Å². The molecule has 1 aromatic rings. The molecule has 106 valence electrons. The van der Waals surface area contributed by atoms with Crippen molar-refractivity contribution in [3.8, 4) is 0 Å². The summed E-state index contributed by atoms with van der Waals surface area (Å²) in [5.74, 6) is 0.508. The van der Waals surface area contributed by atoms with Crippen molar-refractivity contribution >= 4 is 0 Å². The molecule has 1 aliphatic heterocycles. The van der Waals surface area contributed by atoms with E-state index in [4.69, 9.17) is 0 Å². The van der Waals surface area contributed by atoms with Crippen LogP contribution in [-0.4, -0.2) is 48.8 Å². The van der Waals surface area contributed by atoms with Crippen LogP contribution >= 0.6 is 0 Å². The maximum atomic E-state index is 9.23. The number of hydrogen-bond acceptors (Lipinski definition) is 3. The fourth-order valence-electron chi connectivity index (χ4n) is 2.90. The summed E-state index contributed by atoms with van der Waals surface area (Å²) in [6, 6.07) is 11.2. The number of aliphatic hydroxyl groups is 1. The highest BCUT2D eigenvalue weighted by Crippen LogP contribution is 2.17. The lowest BCUT2D eigenvalue weighted by Crippen LogP contribution is -2.40. The second kappa shape index (κ2) is 7.63. The van der Waals surface area contributed by atoms with Gasteiger partial charge in [-0.2, -0.15) is 0 Å². The second-order valence-electron chi connectivity index (χ2n) is 5.59. The summed E-state index contributed by atoms with van der Waals surface area (Å²) in [6.07, 6.45) is 2.55. The molecule has 2 atom stereocenters. The molecule has 0 bridgehead atoms. The van der Waals surface area contributed by atoms with Crippen LogP contribution in [0.15, 0.2) is 30.3 Å². The van der Waals surface area contributed by atoms with E-state index >= 15 is 0 Å². The summed E-state index contributed by atoms with van der Waals surface area (Å²) in [6.45, 7) is 6.50. The molecule has 1 aromatic carbocycles. The first-order chi connectivity index (χ1) is 9.29. The van der Waals surface area contributed by atoms with E-state index in [1.54, 1.807) is 0 Å². The number of aliphatic hydroxyl groups excluding tert-OH is 1. The fourth-order valence-corrected chi connectivity index (χ4v) is 2.90. The first kappa shape index (κ1) is 14.5. The minimum atomic E-state index is 0.244. The molecule has 0 aliphatic carbocycles. The number of rotatable bonds is 7. The third kappa shape index (κ3) is 4.60. The van der Waals surface area contributed by atoms with Gasteiger partial charge in [0.2, 0.25) is 0 Å². The number of nitrogens with one attached hydrogen (secondary N) is 1. The second-order valence-corrected chi connectivity index (χ2v) is 5.59. The van der Waals surface area contributed by atoms with Crippen LogP contribution in [0.1, 0.15) is 31.2 Å². The van der Waals surface area contributed by atoms with Gasteiger partial charge in [0.15, 0.2) is 0 Å². The fraction of sp³-hybridized carbons (Fsp3) is 0.625. The first-order valence-corrected chi connectivity index (χ1v) is 7.41. The third-order valence-corrected chi connectivity index (χ3v) is 3.96. The predicted molar refractivity (Wildman–Crippen MR) is 79.4 cm³/mol. The maximum absolute atomic E-state index is 9.23. The quantitative estimate of drug-likeness (QED) is 0.787. The molecule has 2 rings (SSSR count). The number of benzene rings is 1. The van der Waals surface area contributed by atoms with E-state index < -0.39 is 0 Å². The molecule has 0 amide bonds. The lowest BCUT2D eigenvalue weighted by Gasteiger charge is -2.28. The standard InChI is InChI=1S/C16H26N2O/c1-14(15-6-3-2-4-7-15)12-18(10-11-19)13-16-8-5-9-17-16/h2-4,6-7,14,16-17,19H,5,8-13H2,1H3. The molecule has 1 aliphatic rings. The van der Waals surface area contributed by atoms with Crippen LogP contribution in [0.2, 0.25) is 0 Å². The number of nitrogens with zero attached hydrogens (tertiary/aromatic N) is 1. The third-order valence-electron chi connectivity index (χ3n) is 3.96. The molecule has 2 N–H and O–H groups in total. The Morgan fingerprint density at radius 1 is 1.37 bits per heavy atom. The minimum Gasteiger partial charge on any atom is -0.395 e. The van der Waals surface area contributed by atoms with Gasteiger partial charge in [-0.05, 0) is 30.9 Å². The van der Waals surface area contributed by atoms with Crippen LogP contribution < -0.4 is 5.32 Å². The Hall–Kier alpha value is -0.900. The van der Waals surface area contributed by atoms with E-state index in [9.17, 15) is 5.11 Å². The van der Waals surface area contributed by atoms with Crippen molar-refractivity contribution < 1.29 is 5.11 Å². The molecule has 3 heteroatoms. The molecule has 0 saturated carbocycles. The van der Waals surface area contributed by atoms with Gasteiger partial charge in [-0.25, -0.2) is 0 Å². The lowest BCUT2D eigenvalue weighted by molar-refractivity contribution is 0.179. The SMILES string of the molecule is CC(CN(CCO)CC1CCCN1)c1ccccc1. The highest BCUT2D eigenvalue weighted by molar-refractivity contribution is 5.19. The maximum Gasteiger partial charge on any atom is 0.0558 e. The van der Waals surface area contributed by atoms with Gasteiger partial charge >= 0.3 is 0 Å². The van der Waals surface area contributed by atoms with Crippen molar-refractivity contribution in [2.45, 2.75) is 31.7 Å². The Labute approximate surface area is 116 Å². The normalized spacial score (nSPS) is 20.9. The van der Waals surface area contributed by atoms with Gasteiger partial charge < -0.3 is 10.4 Å². The average molecular weight is 262 g/mol. The zero-order chi connectivity index (χ0) is 13.5. The summed E-state index contributed by atoms with van der Waals surface area (Å²) in [5.41, 5.74) is 1.38. The van der Waals surface area contributed by atoms with Crippen molar-refractivity contribution in [3.05, 3.63) is 35.9 Å². The van der Waals surface area contributed by atoms with Gasteiger partial charge in [-0.15, -0.1) is 0 Å². The summed E-state index contributed by atoms with van der Waals surface area (Å²) in [7, 11) is 0. The minimum absolute atomic E-state index is 0.244. The Kier molecular flexibility index (Phi) is 5.83. The molecule has 0 aromatic heterocycles. The van der Waals surface area contributed by atoms with Crippen molar-refractivity contribution in [2.24, 2.45) is 0 Å². The first-order valence-electron chi connectivity index (χ1n) is 7.41. The predicted octanol–water partition coefficient (Wildman–Crippen LogP) is 1.84. The molecule has 1 heterocycles. The van der Waals surface area contributed by atoms with Crippen LogP contribution in [0.5, 0.6) is 0 Å². The largest absolute Gasteiger partial charge is 0.395 e.